The molecule has 0 amide bonds. The Labute approximate surface area is 99.6 Å². The van der Waals surface area contributed by atoms with Gasteiger partial charge in [0.1, 0.15) is 0 Å². The van der Waals surface area contributed by atoms with E-state index in [9.17, 15) is 0 Å². The number of halogens is 1. The van der Waals surface area contributed by atoms with E-state index in [1.165, 1.54) is 12.0 Å². The molecule has 0 aromatic heterocycles. The second-order valence-corrected chi connectivity index (χ2v) is 5.05. The minimum atomic E-state index is 0.433. The topological polar surface area (TPSA) is 24.1 Å². The Bertz CT molecular complexity index is 304. The lowest BCUT2D eigenvalue weighted by molar-refractivity contribution is 0.478. The van der Waals surface area contributed by atoms with Gasteiger partial charge < -0.3 is 10.6 Å². The predicted molar refractivity (Wildman–Crippen MR) is 67.0 cm³/mol. The summed E-state index contributed by atoms with van der Waals surface area (Å²) in [6.45, 7) is 4.47. The molecular formula is C12H17BrN2. The second-order valence-electron chi connectivity index (χ2n) is 4.13. The van der Waals surface area contributed by atoms with Crippen molar-refractivity contribution in [2.45, 2.75) is 25.4 Å². The average Bonchev–Trinajstić information content (AvgIpc) is 2.71. The molecule has 2 nitrogen and oxygen atoms in total. The van der Waals surface area contributed by atoms with Crippen LogP contribution in [0.2, 0.25) is 0 Å². The van der Waals surface area contributed by atoms with Gasteiger partial charge in [0, 0.05) is 23.1 Å². The first-order valence-corrected chi connectivity index (χ1v) is 6.27. The zero-order valence-corrected chi connectivity index (χ0v) is 10.5. The minimum absolute atomic E-state index is 0.433. The predicted octanol–water partition coefficient (Wildman–Crippen LogP) is 2.46. The van der Waals surface area contributed by atoms with Crippen molar-refractivity contribution in [3.8, 4) is 0 Å². The summed E-state index contributed by atoms with van der Waals surface area (Å²) in [6.07, 6.45) is 1.24. The fourth-order valence-corrected chi connectivity index (χ4v) is 2.26. The highest BCUT2D eigenvalue weighted by molar-refractivity contribution is 9.10. The van der Waals surface area contributed by atoms with E-state index in [1.54, 1.807) is 0 Å². The van der Waals surface area contributed by atoms with Gasteiger partial charge in [-0.25, -0.2) is 0 Å². The molecule has 1 aliphatic rings. The molecule has 1 saturated heterocycles. The molecule has 3 heteroatoms. The van der Waals surface area contributed by atoms with Crippen molar-refractivity contribution < 1.29 is 0 Å². The molecule has 0 bridgehead atoms. The molecule has 2 rings (SSSR count). The molecule has 15 heavy (non-hydrogen) atoms. The first-order chi connectivity index (χ1) is 7.25. The maximum Gasteiger partial charge on any atom is 0.0294 e. The summed E-state index contributed by atoms with van der Waals surface area (Å²) in [5.41, 5.74) is 1.35. The van der Waals surface area contributed by atoms with Gasteiger partial charge in [0.15, 0.2) is 0 Å². The molecule has 0 aliphatic carbocycles. The Balaban J connectivity index is 1.94. The van der Waals surface area contributed by atoms with E-state index in [4.69, 9.17) is 0 Å². The first kappa shape index (κ1) is 11.1. The molecule has 1 fully saturated rings. The monoisotopic (exact) mass is 268 g/mol. The van der Waals surface area contributed by atoms with Crippen LogP contribution in [0, 0.1) is 0 Å². The fourth-order valence-electron chi connectivity index (χ4n) is 2.00. The second kappa shape index (κ2) is 5.10. The third-order valence-corrected chi connectivity index (χ3v) is 3.44. The van der Waals surface area contributed by atoms with Crippen LogP contribution in [0.5, 0.6) is 0 Å². The van der Waals surface area contributed by atoms with E-state index in [0.717, 1.165) is 17.6 Å². The van der Waals surface area contributed by atoms with Crippen LogP contribution in [0.4, 0.5) is 0 Å². The molecule has 0 spiro atoms. The summed E-state index contributed by atoms with van der Waals surface area (Å²) in [4.78, 5) is 0. The van der Waals surface area contributed by atoms with Crippen molar-refractivity contribution in [2.24, 2.45) is 0 Å². The van der Waals surface area contributed by atoms with E-state index in [2.05, 4.69) is 57.8 Å². The standard InChI is InChI=1S/C12H17BrN2/c1-9(15-12-6-7-14-8-12)10-2-4-11(13)5-3-10/h2-5,9,12,14-15H,6-8H2,1H3. The van der Waals surface area contributed by atoms with Gasteiger partial charge in [-0.1, -0.05) is 28.1 Å². The van der Waals surface area contributed by atoms with Crippen LogP contribution in [-0.2, 0) is 0 Å². The Kier molecular flexibility index (Phi) is 3.78. The van der Waals surface area contributed by atoms with Crippen molar-refractivity contribution >= 4 is 15.9 Å². The Morgan fingerprint density at radius 1 is 1.40 bits per heavy atom. The Hall–Kier alpha value is -0.380. The van der Waals surface area contributed by atoms with Crippen LogP contribution in [0.15, 0.2) is 28.7 Å². The summed E-state index contributed by atoms with van der Waals surface area (Å²) in [5, 5.41) is 7.01. The van der Waals surface area contributed by atoms with E-state index < -0.39 is 0 Å². The Morgan fingerprint density at radius 3 is 2.73 bits per heavy atom. The molecule has 2 N–H and O–H groups in total. The van der Waals surface area contributed by atoms with Crippen molar-refractivity contribution in [3.05, 3.63) is 34.3 Å². The maximum absolute atomic E-state index is 3.64. The van der Waals surface area contributed by atoms with Crippen molar-refractivity contribution in [3.63, 3.8) is 0 Å². The van der Waals surface area contributed by atoms with Gasteiger partial charge in [-0.2, -0.15) is 0 Å². The summed E-state index contributed by atoms with van der Waals surface area (Å²) in [6, 6.07) is 9.60. The highest BCUT2D eigenvalue weighted by Gasteiger charge is 2.16. The van der Waals surface area contributed by atoms with Gasteiger partial charge in [-0.15, -0.1) is 0 Å². The van der Waals surface area contributed by atoms with Gasteiger partial charge >= 0.3 is 0 Å². The van der Waals surface area contributed by atoms with Gasteiger partial charge in [0.2, 0.25) is 0 Å². The molecule has 82 valence electrons. The quantitative estimate of drug-likeness (QED) is 0.880. The third-order valence-electron chi connectivity index (χ3n) is 2.92. The summed E-state index contributed by atoms with van der Waals surface area (Å²) in [5.74, 6) is 0. The van der Waals surface area contributed by atoms with Crippen LogP contribution in [0.1, 0.15) is 24.9 Å². The lowest BCUT2D eigenvalue weighted by atomic mass is 10.1. The largest absolute Gasteiger partial charge is 0.315 e. The lowest BCUT2D eigenvalue weighted by Crippen LogP contribution is -2.33. The van der Waals surface area contributed by atoms with E-state index in [-0.39, 0.29) is 0 Å². The SMILES string of the molecule is CC(NC1CCNC1)c1ccc(Br)cc1. The lowest BCUT2D eigenvalue weighted by Gasteiger charge is -2.19. The summed E-state index contributed by atoms with van der Waals surface area (Å²) in [7, 11) is 0. The maximum atomic E-state index is 3.64. The normalized spacial score (nSPS) is 22.9. The molecular weight excluding hydrogens is 252 g/mol. The van der Waals surface area contributed by atoms with E-state index in [1.807, 2.05) is 0 Å². The zero-order valence-electron chi connectivity index (χ0n) is 8.96. The van der Waals surface area contributed by atoms with E-state index in [0.29, 0.717) is 12.1 Å². The number of hydrogen-bond acceptors (Lipinski definition) is 2. The molecule has 1 aromatic carbocycles. The highest BCUT2D eigenvalue weighted by atomic mass is 79.9. The third kappa shape index (κ3) is 3.03. The van der Waals surface area contributed by atoms with Crippen molar-refractivity contribution in [1.29, 1.82) is 0 Å². The average molecular weight is 269 g/mol. The van der Waals surface area contributed by atoms with Gasteiger partial charge in [-0.05, 0) is 37.6 Å². The number of hydrogen-bond donors (Lipinski definition) is 2. The van der Waals surface area contributed by atoms with Gasteiger partial charge in [-0.3, -0.25) is 0 Å². The fraction of sp³-hybridized carbons (Fsp3) is 0.500. The van der Waals surface area contributed by atoms with Crippen molar-refractivity contribution in [2.75, 3.05) is 13.1 Å². The van der Waals surface area contributed by atoms with Crippen molar-refractivity contribution in [1.82, 2.24) is 10.6 Å². The van der Waals surface area contributed by atoms with Gasteiger partial charge in [0.25, 0.3) is 0 Å². The van der Waals surface area contributed by atoms with Crippen LogP contribution >= 0.6 is 15.9 Å². The molecule has 2 unspecified atom stereocenters. The minimum Gasteiger partial charge on any atom is -0.315 e. The molecule has 0 saturated carbocycles. The molecule has 2 atom stereocenters. The Morgan fingerprint density at radius 2 is 2.13 bits per heavy atom. The highest BCUT2D eigenvalue weighted by Crippen LogP contribution is 2.17. The molecule has 1 aliphatic heterocycles. The number of rotatable bonds is 3. The molecule has 0 radical (unpaired) electrons. The molecule has 1 aromatic rings. The summed E-state index contributed by atoms with van der Waals surface area (Å²) >= 11 is 3.45. The zero-order chi connectivity index (χ0) is 10.7. The number of nitrogens with one attached hydrogen (secondary N) is 2. The summed E-state index contributed by atoms with van der Waals surface area (Å²) < 4.78 is 1.14. The van der Waals surface area contributed by atoms with Crippen LogP contribution in [0.3, 0.4) is 0 Å². The smallest absolute Gasteiger partial charge is 0.0294 e. The number of benzene rings is 1. The van der Waals surface area contributed by atoms with Crippen LogP contribution < -0.4 is 10.6 Å². The molecule has 1 heterocycles. The van der Waals surface area contributed by atoms with Crippen LogP contribution in [0.25, 0.3) is 0 Å². The van der Waals surface area contributed by atoms with E-state index >= 15 is 0 Å². The van der Waals surface area contributed by atoms with Crippen LogP contribution in [-0.4, -0.2) is 19.1 Å². The van der Waals surface area contributed by atoms with Gasteiger partial charge in [0.05, 0.1) is 0 Å². The first-order valence-electron chi connectivity index (χ1n) is 5.48.